The highest BCUT2D eigenvalue weighted by Crippen LogP contribution is 2.32. The van der Waals surface area contributed by atoms with Crippen molar-refractivity contribution in [2.45, 2.75) is 71.1 Å². The summed E-state index contributed by atoms with van der Waals surface area (Å²) >= 11 is 0. The Morgan fingerprint density at radius 1 is 1.07 bits per heavy atom. The van der Waals surface area contributed by atoms with Gasteiger partial charge in [0.15, 0.2) is 0 Å². The van der Waals surface area contributed by atoms with Crippen LogP contribution in [-0.4, -0.2) is 65.7 Å². The number of fused-ring (bicyclic) bond motifs is 1. The molecule has 0 bridgehead atoms. The van der Waals surface area contributed by atoms with E-state index in [0.29, 0.717) is 16.7 Å². The summed E-state index contributed by atoms with van der Waals surface area (Å²) in [7, 11) is 3.55. The van der Waals surface area contributed by atoms with E-state index in [9.17, 15) is 10.1 Å². The van der Waals surface area contributed by atoms with Crippen molar-refractivity contribution in [2.24, 2.45) is 12.2 Å². The Balaban J connectivity index is 0.000000204. The van der Waals surface area contributed by atoms with Gasteiger partial charge in [0, 0.05) is 39.8 Å². The van der Waals surface area contributed by atoms with Crippen molar-refractivity contribution in [1.82, 2.24) is 14.5 Å². The number of anilines is 1. The molecule has 44 heavy (non-hydrogen) atoms. The van der Waals surface area contributed by atoms with Gasteiger partial charge in [0.25, 0.3) is 5.56 Å². The molecule has 0 amide bonds. The first-order chi connectivity index (χ1) is 21.1. The quantitative estimate of drug-likeness (QED) is 0.284. The van der Waals surface area contributed by atoms with Crippen molar-refractivity contribution in [1.29, 1.82) is 10.5 Å². The Morgan fingerprint density at radius 3 is 2.36 bits per heavy atom. The van der Waals surface area contributed by atoms with Crippen LogP contribution < -0.4 is 10.5 Å². The minimum absolute atomic E-state index is 0.0978. The summed E-state index contributed by atoms with van der Waals surface area (Å²) < 4.78 is 6.79. The number of hydrogen-bond acceptors (Lipinski definition) is 9. The molecule has 0 unspecified atom stereocenters. The number of nitrogens with zero attached hydrogens (tertiary/aromatic N) is 7. The Morgan fingerprint density at radius 2 is 1.75 bits per heavy atom. The number of rotatable bonds is 6. The van der Waals surface area contributed by atoms with Crippen LogP contribution in [0.3, 0.4) is 0 Å². The molecule has 1 saturated heterocycles. The smallest absolute Gasteiger partial charge is 0.270 e. The fraction of sp³-hybridized carbons (Fsp3) is 0.500. The number of hydrogen-bond donors (Lipinski definition) is 0. The number of ether oxygens (including phenoxy) is 1. The van der Waals surface area contributed by atoms with E-state index in [1.165, 1.54) is 16.6 Å². The zero-order chi connectivity index (χ0) is 31.7. The number of pyridine rings is 2. The second-order valence-electron chi connectivity index (χ2n) is 12.3. The van der Waals surface area contributed by atoms with E-state index in [0.717, 1.165) is 64.1 Å². The SMILES string of the molecule is CC(C)(C)O/N=C/c1ccc(CN2CCOCC2)cc1.CN(c1c(C#N)c(=O)n(C)c2ccc(C#N)nc12)C1CCCCC1. The molecule has 0 atom stereocenters. The van der Waals surface area contributed by atoms with Crippen LogP contribution in [0.4, 0.5) is 5.69 Å². The molecule has 1 aliphatic heterocycles. The predicted molar refractivity (Wildman–Crippen MR) is 173 cm³/mol. The van der Waals surface area contributed by atoms with Gasteiger partial charge in [-0.05, 0) is 56.9 Å². The van der Waals surface area contributed by atoms with Crippen LogP contribution in [-0.2, 0) is 23.2 Å². The van der Waals surface area contributed by atoms with Gasteiger partial charge < -0.3 is 19.0 Å². The third kappa shape index (κ3) is 8.43. The van der Waals surface area contributed by atoms with E-state index < -0.39 is 0 Å². The fourth-order valence-corrected chi connectivity index (χ4v) is 5.52. The maximum Gasteiger partial charge on any atom is 0.270 e. The minimum atomic E-state index is -0.325. The Hall–Kier alpha value is -4.25. The molecule has 1 aliphatic carbocycles. The van der Waals surface area contributed by atoms with E-state index in [2.05, 4.69) is 45.4 Å². The number of oxime groups is 1. The first-order valence-electron chi connectivity index (χ1n) is 15.3. The van der Waals surface area contributed by atoms with Crippen molar-refractivity contribution in [3.05, 3.63) is 69.1 Å². The summed E-state index contributed by atoms with van der Waals surface area (Å²) in [5, 5.41) is 22.7. The molecule has 3 heterocycles. The number of aromatic nitrogens is 2. The lowest BCUT2D eigenvalue weighted by Crippen LogP contribution is -2.36. The van der Waals surface area contributed by atoms with Gasteiger partial charge in [-0.15, -0.1) is 0 Å². The summed E-state index contributed by atoms with van der Waals surface area (Å²) in [6.45, 7) is 10.6. The molecule has 2 fully saturated rings. The summed E-state index contributed by atoms with van der Waals surface area (Å²) in [6, 6.07) is 16.1. The van der Waals surface area contributed by atoms with E-state index >= 15 is 0 Å². The van der Waals surface area contributed by atoms with E-state index in [4.69, 9.17) is 14.8 Å². The largest absolute Gasteiger partial charge is 0.390 e. The zero-order valence-corrected chi connectivity index (χ0v) is 26.5. The Kier molecular flexibility index (Phi) is 11.1. The van der Waals surface area contributed by atoms with Gasteiger partial charge in [0.1, 0.15) is 34.5 Å². The van der Waals surface area contributed by atoms with Crippen LogP contribution in [0.5, 0.6) is 0 Å². The second kappa shape index (κ2) is 15.0. The first kappa shape index (κ1) is 32.7. The van der Waals surface area contributed by atoms with Crippen LogP contribution in [0, 0.1) is 22.7 Å². The second-order valence-corrected chi connectivity index (χ2v) is 12.3. The van der Waals surface area contributed by atoms with E-state index in [1.54, 1.807) is 25.4 Å². The molecule has 0 N–H and O–H groups in total. The van der Waals surface area contributed by atoms with Gasteiger partial charge in [0.2, 0.25) is 0 Å². The van der Waals surface area contributed by atoms with Crippen LogP contribution in [0.15, 0.2) is 46.3 Å². The number of aryl methyl sites for hydroxylation is 1. The molecule has 3 aromatic rings. The third-order valence-electron chi connectivity index (χ3n) is 7.93. The molecule has 2 aromatic heterocycles. The molecule has 10 nitrogen and oxygen atoms in total. The maximum absolute atomic E-state index is 12.6. The molecular weight excluding hydrogens is 554 g/mol. The molecular formula is C34H43N7O3. The maximum atomic E-state index is 12.6. The van der Waals surface area contributed by atoms with Crippen molar-refractivity contribution in [2.75, 3.05) is 38.3 Å². The van der Waals surface area contributed by atoms with E-state index in [-0.39, 0.29) is 28.5 Å². The monoisotopic (exact) mass is 597 g/mol. The van der Waals surface area contributed by atoms with Crippen LogP contribution in [0.1, 0.15) is 75.3 Å². The van der Waals surface area contributed by atoms with Gasteiger partial charge in [-0.25, -0.2) is 4.98 Å². The van der Waals surface area contributed by atoms with Crippen LogP contribution >= 0.6 is 0 Å². The number of morpholine rings is 1. The zero-order valence-electron chi connectivity index (χ0n) is 26.5. The Bertz CT molecular complexity index is 1580. The highest BCUT2D eigenvalue weighted by atomic mass is 16.6. The molecule has 5 rings (SSSR count). The third-order valence-corrected chi connectivity index (χ3v) is 7.93. The molecule has 1 saturated carbocycles. The van der Waals surface area contributed by atoms with Crippen molar-refractivity contribution < 1.29 is 9.57 Å². The van der Waals surface area contributed by atoms with Crippen molar-refractivity contribution in [3.8, 4) is 12.1 Å². The number of nitriles is 2. The lowest BCUT2D eigenvalue weighted by molar-refractivity contribution is 0.00199. The van der Waals surface area contributed by atoms with Gasteiger partial charge in [0.05, 0.1) is 30.6 Å². The predicted octanol–water partition coefficient (Wildman–Crippen LogP) is 5.11. The minimum Gasteiger partial charge on any atom is -0.390 e. The fourth-order valence-electron chi connectivity index (χ4n) is 5.52. The average molecular weight is 598 g/mol. The van der Waals surface area contributed by atoms with Crippen molar-refractivity contribution >= 4 is 22.9 Å². The molecule has 0 spiro atoms. The lowest BCUT2D eigenvalue weighted by atomic mass is 9.93. The average Bonchev–Trinajstić information content (AvgIpc) is 3.03. The van der Waals surface area contributed by atoms with Gasteiger partial charge in [-0.3, -0.25) is 9.69 Å². The van der Waals surface area contributed by atoms with Crippen LogP contribution in [0.2, 0.25) is 0 Å². The summed E-state index contributed by atoms with van der Waals surface area (Å²) in [5.41, 5.74) is 3.92. The van der Waals surface area contributed by atoms with Crippen LogP contribution in [0.25, 0.3) is 11.0 Å². The summed E-state index contributed by atoms with van der Waals surface area (Å²) in [4.78, 5) is 26.8. The molecule has 1 aromatic carbocycles. The number of benzene rings is 1. The van der Waals surface area contributed by atoms with Crippen molar-refractivity contribution in [3.63, 3.8) is 0 Å². The summed E-state index contributed by atoms with van der Waals surface area (Å²) in [6.07, 6.45) is 7.35. The van der Waals surface area contributed by atoms with Gasteiger partial charge in [-0.2, -0.15) is 10.5 Å². The highest BCUT2D eigenvalue weighted by Gasteiger charge is 2.26. The molecule has 2 aliphatic rings. The highest BCUT2D eigenvalue weighted by molar-refractivity contribution is 5.92. The van der Waals surface area contributed by atoms with E-state index in [1.807, 2.05) is 38.8 Å². The molecule has 0 radical (unpaired) electrons. The molecule has 232 valence electrons. The standard InChI is InChI=1S/C18H19N5O.C16H24N2O2/c1-22(13-6-4-3-5-7-13)17-14(11-20)18(24)23(2)15-9-8-12(10-19)21-16(15)17;1-16(2,3)20-17-12-14-4-6-15(7-5-14)13-18-8-10-19-11-9-18/h8-9,13H,3-7H2,1-2H3;4-7,12H,8-11,13H2,1-3H3/b;17-12+. The Labute approximate surface area is 260 Å². The topological polar surface area (TPSA) is 120 Å². The first-order valence-corrected chi connectivity index (χ1v) is 15.3. The summed E-state index contributed by atoms with van der Waals surface area (Å²) in [5.74, 6) is 0. The normalized spacial score (nSPS) is 16.2. The van der Waals surface area contributed by atoms with Gasteiger partial charge >= 0.3 is 0 Å². The van der Waals surface area contributed by atoms with Gasteiger partial charge in [-0.1, -0.05) is 48.7 Å². The molecule has 10 heteroatoms. The lowest BCUT2D eigenvalue weighted by Gasteiger charge is -2.33.